The van der Waals surface area contributed by atoms with E-state index >= 15 is 0 Å². The summed E-state index contributed by atoms with van der Waals surface area (Å²) in [6.45, 7) is 1.04. The summed E-state index contributed by atoms with van der Waals surface area (Å²) in [4.78, 5) is 3.74. The summed E-state index contributed by atoms with van der Waals surface area (Å²) < 4.78 is 52.8. The number of sulfonamides is 1. The first kappa shape index (κ1) is 21.1. The standard InChI is InChI=1S/C21H21N5O6S/c1-29-15-6-8-22-21(30-2)19(15)33(27,28)25-20-17-16(32-24-20)11-13(12-26-9-4-7-23-26)14-5-3-10-31-18(14)17/h4,6-9,11H,3,5,10,12H2,1-2H3,(H,24,25). The van der Waals surface area contributed by atoms with Gasteiger partial charge < -0.3 is 18.7 Å². The molecule has 172 valence electrons. The van der Waals surface area contributed by atoms with E-state index in [-0.39, 0.29) is 22.3 Å². The van der Waals surface area contributed by atoms with Gasteiger partial charge in [0.25, 0.3) is 10.0 Å². The van der Waals surface area contributed by atoms with Crippen LogP contribution in [0.25, 0.3) is 11.0 Å². The number of rotatable bonds is 7. The van der Waals surface area contributed by atoms with E-state index in [1.807, 2.05) is 18.3 Å². The van der Waals surface area contributed by atoms with E-state index in [1.54, 1.807) is 10.9 Å². The molecule has 1 aliphatic rings. The van der Waals surface area contributed by atoms with Crippen molar-refractivity contribution in [3.05, 3.63) is 47.9 Å². The molecule has 0 unspecified atom stereocenters. The molecular weight excluding hydrogens is 450 g/mol. The van der Waals surface area contributed by atoms with E-state index in [4.69, 9.17) is 18.7 Å². The minimum atomic E-state index is -4.19. The highest BCUT2D eigenvalue weighted by Gasteiger charge is 2.30. The van der Waals surface area contributed by atoms with E-state index < -0.39 is 10.0 Å². The Morgan fingerprint density at radius 3 is 2.88 bits per heavy atom. The molecule has 0 saturated carbocycles. The quantitative estimate of drug-likeness (QED) is 0.432. The highest BCUT2D eigenvalue weighted by Crippen LogP contribution is 2.42. The summed E-state index contributed by atoms with van der Waals surface area (Å²) in [5.41, 5.74) is 2.35. The predicted octanol–water partition coefficient (Wildman–Crippen LogP) is 2.61. The van der Waals surface area contributed by atoms with Gasteiger partial charge in [-0.1, -0.05) is 5.16 Å². The second-order valence-corrected chi connectivity index (χ2v) is 8.98. The monoisotopic (exact) mass is 471 g/mol. The molecule has 0 bridgehead atoms. The third-order valence-electron chi connectivity index (χ3n) is 5.37. The molecule has 0 amide bonds. The highest BCUT2D eigenvalue weighted by atomic mass is 32.2. The number of nitrogens with one attached hydrogen (secondary N) is 1. The van der Waals surface area contributed by atoms with Crippen molar-refractivity contribution in [2.75, 3.05) is 25.5 Å². The molecule has 4 heterocycles. The van der Waals surface area contributed by atoms with Gasteiger partial charge in [-0.2, -0.15) is 5.10 Å². The molecule has 5 rings (SSSR count). The van der Waals surface area contributed by atoms with Crippen LogP contribution in [0.4, 0.5) is 5.82 Å². The van der Waals surface area contributed by atoms with Gasteiger partial charge in [0.15, 0.2) is 16.3 Å². The van der Waals surface area contributed by atoms with Crippen LogP contribution in [0.5, 0.6) is 17.4 Å². The first-order valence-electron chi connectivity index (χ1n) is 10.2. The number of aromatic nitrogens is 4. The van der Waals surface area contributed by atoms with Crippen LogP contribution in [0.15, 0.2) is 46.2 Å². The van der Waals surface area contributed by atoms with Crippen LogP contribution in [-0.2, 0) is 23.0 Å². The molecule has 1 N–H and O–H groups in total. The lowest BCUT2D eigenvalue weighted by Crippen LogP contribution is -2.17. The first-order chi connectivity index (χ1) is 16.0. The maximum atomic E-state index is 13.3. The predicted molar refractivity (Wildman–Crippen MR) is 117 cm³/mol. The van der Waals surface area contributed by atoms with Crippen LogP contribution in [0.3, 0.4) is 0 Å². The fraction of sp³-hybridized carbons (Fsp3) is 0.286. The van der Waals surface area contributed by atoms with Gasteiger partial charge in [0.1, 0.15) is 16.9 Å². The summed E-state index contributed by atoms with van der Waals surface area (Å²) in [5.74, 6) is 0.558. The van der Waals surface area contributed by atoms with Gasteiger partial charge in [0.2, 0.25) is 5.88 Å². The van der Waals surface area contributed by atoms with Gasteiger partial charge in [0.05, 0.1) is 27.4 Å². The van der Waals surface area contributed by atoms with Gasteiger partial charge in [0, 0.05) is 30.2 Å². The number of nitrogens with zero attached hydrogens (tertiary/aromatic N) is 4. The number of hydrogen-bond acceptors (Lipinski definition) is 9. The van der Waals surface area contributed by atoms with Crippen LogP contribution in [0.1, 0.15) is 17.5 Å². The summed E-state index contributed by atoms with van der Waals surface area (Å²) in [6.07, 6.45) is 6.61. The van der Waals surface area contributed by atoms with Gasteiger partial charge in [-0.15, -0.1) is 0 Å². The Hall–Kier alpha value is -3.80. The Morgan fingerprint density at radius 1 is 1.24 bits per heavy atom. The Labute approximate surface area is 189 Å². The Morgan fingerprint density at radius 2 is 2.12 bits per heavy atom. The Bertz CT molecular complexity index is 1390. The molecule has 33 heavy (non-hydrogen) atoms. The van der Waals surface area contributed by atoms with E-state index in [9.17, 15) is 8.42 Å². The second kappa shape index (κ2) is 8.28. The molecule has 1 aliphatic heterocycles. The molecular formula is C21H21N5O6S. The van der Waals surface area contributed by atoms with E-state index in [1.165, 1.54) is 26.5 Å². The van der Waals surface area contributed by atoms with Gasteiger partial charge >= 0.3 is 0 Å². The van der Waals surface area contributed by atoms with Crippen molar-refractivity contribution in [2.24, 2.45) is 0 Å². The molecule has 0 radical (unpaired) electrons. The highest BCUT2D eigenvalue weighted by molar-refractivity contribution is 7.93. The van der Waals surface area contributed by atoms with Gasteiger partial charge in [-0.3, -0.25) is 9.40 Å². The molecule has 3 aromatic heterocycles. The van der Waals surface area contributed by atoms with Crippen molar-refractivity contribution in [3.63, 3.8) is 0 Å². The maximum absolute atomic E-state index is 13.3. The zero-order valence-electron chi connectivity index (χ0n) is 17.9. The van der Waals surface area contributed by atoms with Crippen molar-refractivity contribution in [1.82, 2.24) is 19.9 Å². The summed E-state index contributed by atoms with van der Waals surface area (Å²) >= 11 is 0. The Kier molecular flexibility index (Phi) is 5.29. The summed E-state index contributed by atoms with van der Waals surface area (Å²) in [7, 11) is -1.50. The van der Waals surface area contributed by atoms with Crippen molar-refractivity contribution in [1.29, 1.82) is 0 Å². The molecule has 11 nitrogen and oxygen atoms in total. The number of ether oxygens (including phenoxy) is 3. The topological polar surface area (TPSA) is 131 Å². The van der Waals surface area contributed by atoms with Crippen molar-refractivity contribution in [2.45, 2.75) is 24.3 Å². The third kappa shape index (κ3) is 3.71. The van der Waals surface area contributed by atoms with E-state index in [2.05, 4.69) is 20.0 Å². The molecule has 0 saturated heterocycles. The SMILES string of the molecule is COc1ccnc(OC)c1S(=O)(=O)Nc1noc2cc(Cn3cccn3)c3c(c12)OCCC3. The molecule has 0 aliphatic carbocycles. The number of benzene rings is 1. The van der Waals surface area contributed by atoms with E-state index in [0.29, 0.717) is 29.9 Å². The number of methoxy groups -OCH3 is 2. The lowest BCUT2D eigenvalue weighted by molar-refractivity contribution is 0.291. The molecule has 0 atom stereocenters. The normalized spacial score (nSPS) is 13.4. The van der Waals surface area contributed by atoms with Crippen LogP contribution < -0.4 is 18.9 Å². The average Bonchev–Trinajstić information content (AvgIpc) is 3.48. The lowest BCUT2D eigenvalue weighted by atomic mass is 9.97. The molecule has 0 spiro atoms. The molecule has 1 aromatic carbocycles. The molecule has 4 aromatic rings. The van der Waals surface area contributed by atoms with Crippen LogP contribution in [0.2, 0.25) is 0 Å². The molecule has 12 heteroatoms. The smallest absolute Gasteiger partial charge is 0.272 e. The molecule has 0 fully saturated rings. The van der Waals surface area contributed by atoms with Crippen LogP contribution in [0, 0.1) is 0 Å². The fourth-order valence-electron chi connectivity index (χ4n) is 3.94. The van der Waals surface area contributed by atoms with Crippen LogP contribution in [-0.4, -0.2) is 49.2 Å². The minimum Gasteiger partial charge on any atom is -0.495 e. The largest absolute Gasteiger partial charge is 0.495 e. The van der Waals surface area contributed by atoms with Crippen molar-refractivity contribution in [3.8, 4) is 17.4 Å². The zero-order chi connectivity index (χ0) is 23.0. The Balaban J connectivity index is 1.61. The number of pyridine rings is 1. The fourth-order valence-corrected chi connectivity index (χ4v) is 5.22. The average molecular weight is 471 g/mol. The summed E-state index contributed by atoms with van der Waals surface area (Å²) in [6, 6.07) is 5.13. The number of hydrogen-bond donors (Lipinski definition) is 1. The third-order valence-corrected chi connectivity index (χ3v) is 6.75. The van der Waals surface area contributed by atoms with Crippen molar-refractivity contribution < 1.29 is 27.2 Å². The van der Waals surface area contributed by atoms with Crippen molar-refractivity contribution >= 4 is 26.8 Å². The first-order valence-corrected chi connectivity index (χ1v) is 11.6. The van der Waals surface area contributed by atoms with Gasteiger partial charge in [-0.25, -0.2) is 13.4 Å². The lowest BCUT2D eigenvalue weighted by Gasteiger charge is -2.21. The number of anilines is 1. The maximum Gasteiger partial charge on any atom is 0.272 e. The number of fused-ring (bicyclic) bond motifs is 3. The van der Waals surface area contributed by atoms with Gasteiger partial charge in [-0.05, 0) is 30.5 Å². The van der Waals surface area contributed by atoms with E-state index in [0.717, 1.165) is 24.0 Å². The van der Waals surface area contributed by atoms with Crippen LogP contribution >= 0.6 is 0 Å². The second-order valence-electron chi connectivity index (χ2n) is 7.36. The zero-order valence-corrected chi connectivity index (χ0v) is 18.8. The minimum absolute atomic E-state index is 0.0155. The summed E-state index contributed by atoms with van der Waals surface area (Å²) in [5, 5.41) is 8.72.